The van der Waals surface area contributed by atoms with Crippen LogP contribution >= 0.6 is 22.9 Å². The Morgan fingerprint density at radius 2 is 2.21 bits per heavy atom. The van der Waals surface area contributed by atoms with Crippen LogP contribution < -0.4 is 0 Å². The van der Waals surface area contributed by atoms with Crippen molar-refractivity contribution in [2.24, 2.45) is 0 Å². The van der Waals surface area contributed by atoms with Crippen LogP contribution in [0.1, 0.15) is 27.2 Å². The Balaban J connectivity index is 2.60. The molecule has 0 aliphatic carbocycles. The fourth-order valence-corrected chi connectivity index (χ4v) is 5.13. The summed E-state index contributed by atoms with van der Waals surface area (Å²) in [7, 11) is -3.64. The minimum absolute atomic E-state index is 0.0357. The monoisotopic (exact) mass is 321 g/mol. The smallest absolute Gasteiger partial charge is 0.262 e. The molecule has 0 saturated heterocycles. The summed E-state index contributed by atoms with van der Waals surface area (Å²) in [6.07, 6.45) is 2.42. The van der Waals surface area contributed by atoms with E-state index in [9.17, 15) is 8.42 Å². The predicted molar refractivity (Wildman–Crippen MR) is 77.4 cm³/mol. The Labute approximate surface area is 121 Å². The second kappa shape index (κ2) is 5.40. The average molecular weight is 322 g/mol. The number of aromatic nitrogens is 2. The number of hydrogen-bond acceptors (Lipinski definition) is 4. The van der Waals surface area contributed by atoms with Crippen LogP contribution in [-0.2, 0) is 10.0 Å². The molecule has 0 amide bonds. The second-order valence-corrected chi connectivity index (χ2v) is 7.27. The van der Waals surface area contributed by atoms with Crippen LogP contribution in [0.4, 0.5) is 0 Å². The Hall–Kier alpha value is -0.630. The third-order valence-corrected chi connectivity index (χ3v) is 6.37. The summed E-state index contributed by atoms with van der Waals surface area (Å²) in [4.78, 5) is 4.67. The van der Waals surface area contributed by atoms with E-state index >= 15 is 0 Å². The molecule has 0 aliphatic heterocycles. The highest BCUT2D eigenvalue weighted by Crippen LogP contribution is 2.29. The lowest BCUT2D eigenvalue weighted by Gasteiger charge is -2.25. The van der Waals surface area contributed by atoms with E-state index in [2.05, 4.69) is 4.98 Å². The molecule has 0 bridgehead atoms. The van der Waals surface area contributed by atoms with E-state index < -0.39 is 10.0 Å². The van der Waals surface area contributed by atoms with E-state index in [0.717, 1.165) is 6.42 Å². The average Bonchev–Trinajstić information content (AvgIpc) is 2.88. The van der Waals surface area contributed by atoms with Crippen LogP contribution in [0, 0.1) is 0 Å². The van der Waals surface area contributed by atoms with Gasteiger partial charge in [0.1, 0.15) is 0 Å². The fourth-order valence-electron chi connectivity index (χ4n) is 2.00. The molecule has 106 valence electrons. The van der Waals surface area contributed by atoms with Crippen LogP contribution in [0.5, 0.6) is 0 Å². The van der Waals surface area contributed by atoms with Crippen LogP contribution in [0.3, 0.4) is 0 Å². The van der Waals surface area contributed by atoms with Crippen LogP contribution in [-0.4, -0.2) is 34.7 Å². The van der Waals surface area contributed by atoms with Gasteiger partial charge in [0.25, 0.3) is 10.0 Å². The van der Waals surface area contributed by atoms with Crippen molar-refractivity contribution in [2.75, 3.05) is 6.54 Å². The highest BCUT2D eigenvalue weighted by Gasteiger charge is 2.32. The Morgan fingerprint density at radius 1 is 1.53 bits per heavy atom. The molecule has 1 unspecified atom stereocenters. The number of halogens is 1. The molecule has 2 aromatic rings. The van der Waals surface area contributed by atoms with Crippen molar-refractivity contribution in [1.82, 2.24) is 13.7 Å². The maximum absolute atomic E-state index is 12.7. The van der Waals surface area contributed by atoms with E-state index in [4.69, 9.17) is 11.6 Å². The normalized spacial score (nSPS) is 14.4. The molecule has 19 heavy (non-hydrogen) atoms. The van der Waals surface area contributed by atoms with Gasteiger partial charge in [-0.15, -0.1) is 11.3 Å². The lowest BCUT2D eigenvalue weighted by Crippen LogP contribution is -2.38. The summed E-state index contributed by atoms with van der Waals surface area (Å²) in [6, 6.07) is -0.0738. The number of hydrogen-bond donors (Lipinski definition) is 0. The van der Waals surface area contributed by atoms with Crippen molar-refractivity contribution >= 4 is 37.9 Å². The zero-order chi connectivity index (χ0) is 14.2. The first-order chi connectivity index (χ1) is 8.93. The van der Waals surface area contributed by atoms with Crippen LogP contribution in [0.25, 0.3) is 4.96 Å². The molecule has 0 spiro atoms. The summed E-state index contributed by atoms with van der Waals surface area (Å²) < 4.78 is 28.5. The number of sulfonamides is 1. The van der Waals surface area contributed by atoms with Crippen LogP contribution in [0.15, 0.2) is 16.6 Å². The molecule has 0 saturated carbocycles. The van der Waals surface area contributed by atoms with Gasteiger partial charge in [0.15, 0.2) is 15.1 Å². The molecule has 0 radical (unpaired) electrons. The Morgan fingerprint density at radius 3 is 2.79 bits per heavy atom. The first kappa shape index (κ1) is 14.8. The van der Waals surface area contributed by atoms with Gasteiger partial charge in [-0.25, -0.2) is 13.4 Å². The van der Waals surface area contributed by atoms with E-state index in [-0.39, 0.29) is 16.2 Å². The first-order valence-corrected chi connectivity index (χ1v) is 8.76. The van der Waals surface area contributed by atoms with Gasteiger partial charge in [0, 0.05) is 24.2 Å². The number of imidazole rings is 1. The van der Waals surface area contributed by atoms with Gasteiger partial charge in [-0.2, -0.15) is 4.31 Å². The van der Waals surface area contributed by atoms with Crippen molar-refractivity contribution in [3.63, 3.8) is 0 Å². The van der Waals surface area contributed by atoms with Crippen molar-refractivity contribution in [1.29, 1.82) is 0 Å². The van der Waals surface area contributed by atoms with E-state index in [1.807, 2.05) is 20.8 Å². The first-order valence-electron chi connectivity index (χ1n) is 6.06. The van der Waals surface area contributed by atoms with Crippen molar-refractivity contribution < 1.29 is 8.42 Å². The zero-order valence-corrected chi connectivity index (χ0v) is 13.4. The molecule has 0 aromatic carbocycles. The molecule has 2 rings (SSSR count). The second-order valence-electron chi connectivity index (χ2n) is 4.23. The van der Waals surface area contributed by atoms with Gasteiger partial charge in [0.2, 0.25) is 0 Å². The number of rotatable bonds is 5. The lowest BCUT2D eigenvalue weighted by molar-refractivity contribution is 0.341. The minimum atomic E-state index is -3.64. The Bertz CT molecular complexity index is 677. The molecule has 0 aliphatic rings. The standard InChI is InChI=1S/C11H16ClN3O2S2/c1-4-8(3)15(5-2)19(16,17)10-9(12)13-11-14(10)6-7-18-11/h6-8H,4-5H2,1-3H3. The van der Waals surface area contributed by atoms with Gasteiger partial charge in [-0.05, 0) is 13.3 Å². The van der Waals surface area contributed by atoms with E-state index in [1.54, 1.807) is 11.6 Å². The molecule has 2 heterocycles. The molecular weight excluding hydrogens is 306 g/mol. The van der Waals surface area contributed by atoms with E-state index in [1.165, 1.54) is 20.0 Å². The van der Waals surface area contributed by atoms with Crippen molar-refractivity contribution in [3.05, 3.63) is 16.7 Å². The molecule has 8 heteroatoms. The lowest BCUT2D eigenvalue weighted by atomic mass is 10.3. The van der Waals surface area contributed by atoms with Crippen molar-refractivity contribution in [3.8, 4) is 0 Å². The molecule has 0 N–H and O–H groups in total. The maximum atomic E-state index is 12.7. The number of thiazole rings is 1. The number of nitrogens with zero attached hydrogens (tertiary/aromatic N) is 3. The summed E-state index contributed by atoms with van der Waals surface area (Å²) in [5, 5.41) is 1.89. The molecular formula is C11H16ClN3O2S2. The zero-order valence-electron chi connectivity index (χ0n) is 11.0. The molecule has 2 aromatic heterocycles. The van der Waals surface area contributed by atoms with Gasteiger partial charge in [-0.1, -0.05) is 25.4 Å². The fraction of sp³-hybridized carbons (Fsp3) is 0.545. The van der Waals surface area contributed by atoms with Gasteiger partial charge in [0.05, 0.1) is 0 Å². The van der Waals surface area contributed by atoms with E-state index in [0.29, 0.717) is 11.5 Å². The topological polar surface area (TPSA) is 54.7 Å². The summed E-state index contributed by atoms with van der Waals surface area (Å²) in [5.41, 5.74) is 0. The molecule has 1 atom stereocenters. The van der Waals surface area contributed by atoms with Crippen LogP contribution in [0.2, 0.25) is 5.15 Å². The largest absolute Gasteiger partial charge is 0.279 e. The SMILES string of the molecule is CCC(C)N(CC)S(=O)(=O)c1c(Cl)nc2sccn12. The summed E-state index contributed by atoms with van der Waals surface area (Å²) in [6.45, 7) is 6.08. The maximum Gasteiger partial charge on any atom is 0.262 e. The highest BCUT2D eigenvalue weighted by molar-refractivity contribution is 7.89. The molecule has 0 fully saturated rings. The van der Waals surface area contributed by atoms with Gasteiger partial charge < -0.3 is 0 Å². The minimum Gasteiger partial charge on any atom is -0.279 e. The predicted octanol–water partition coefficient (Wildman–Crippen LogP) is 2.86. The third-order valence-electron chi connectivity index (χ3n) is 3.13. The number of fused-ring (bicyclic) bond motifs is 1. The van der Waals surface area contributed by atoms with Crippen molar-refractivity contribution in [2.45, 2.75) is 38.3 Å². The Kier molecular flexibility index (Phi) is 4.20. The third kappa shape index (κ3) is 2.40. The summed E-state index contributed by atoms with van der Waals surface area (Å²) in [5.74, 6) is 0. The van der Waals surface area contributed by atoms with Gasteiger partial charge >= 0.3 is 0 Å². The highest BCUT2D eigenvalue weighted by atomic mass is 35.5. The molecule has 5 nitrogen and oxygen atoms in total. The quantitative estimate of drug-likeness (QED) is 0.851. The summed E-state index contributed by atoms with van der Waals surface area (Å²) >= 11 is 7.37. The van der Waals surface area contributed by atoms with Gasteiger partial charge in [-0.3, -0.25) is 4.40 Å².